The van der Waals surface area contributed by atoms with Crippen LogP contribution in [0.25, 0.3) is 11.1 Å². The lowest BCUT2D eigenvalue weighted by atomic mass is 9.78. The predicted octanol–water partition coefficient (Wildman–Crippen LogP) is 9.83. The summed E-state index contributed by atoms with van der Waals surface area (Å²) in [6.45, 7) is 15.0. The van der Waals surface area contributed by atoms with E-state index in [1.807, 2.05) is 99.7 Å². The zero-order valence-electron chi connectivity index (χ0n) is 53.9. The summed E-state index contributed by atoms with van der Waals surface area (Å²) in [5, 5.41) is 22.9. The number of hydrogen-bond donors (Lipinski definition) is 2. The van der Waals surface area contributed by atoms with E-state index in [0.717, 1.165) is 27.8 Å². The lowest BCUT2D eigenvalue weighted by Crippen LogP contribution is -2.61. The van der Waals surface area contributed by atoms with Crippen LogP contribution in [0.15, 0.2) is 96.1 Å². The molecule has 0 unspecified atom stereocenters. The first-order chi connectivity index (χ1) is 42.4. The number of ether oxygens (including phenoxy) is 8. The van der Waals surface area contributed by atoms with Crippen molar-refractivity contribution in [2.75, 3.05) is 40.6 Å². The molecule has 8 rings (SSSR count). The van der Waals surface area contributed by atoms with E-state index >= 15 is 0 Å². The summed E-state index contributed by atoms with van der Waals surface area (Å²) in [6, 6.07) is 14.7. The monoisotopic (exact) mass is 1230 g/mol. The van der Waals surface area contributed by atoms with E-state index in [1.54, 1.807) is 54.9 Å². The Hall–Kier alpha value is -5.99. The van der Waals surface area contributed by atoms with E-state index in [-0.39, 0.29) is 62.4 Å². The Morgan fingerprint density at radius 1 is 0.787 bits per heavy atom. The fourth-order valence-corrected chi connectivity index (χ4v) is 14.2. The lowest BCUT2D eigenvalue weighted by molar-refractivity contribution is -0.286. The number of fused-ring (bicyclic) bond motifs is 8. The maximum atomic E-state index is 14.8. The molecule has 18 heteroatoms. The molecule has 15 atom stereocenters. The Bertz CT molecular complexity index is 2960. The Balaban J connectivity index is 1.03. The minimum Gasteiger partial charge on any atom is -0.460 e. The smallest absolute Gasteiger partial charge is 0.329 e. The van der Waals surface area contributed by atoms with E-state index in [1.165, 1.54) is 11.8 Å². The summed E-state index contributed by atoms with van der Waals surface area (Å²) in [6.07, 6.45) is 11.0. The summed E-state index contributed by atoms with van der Waals surface area (Å²) in [5.74, 6) is -12.4. The number of allylic oxidation sites excluding steroid dienone is 6. The maximum Gasteiger partial charge on any atom is 0.329 e. The molecule has 2 N–H and O–H groups in total. The molecule has 486 valence electrons. The maximum absolute atomic E-state index is 14.8. The third kappa shape index (κ3) is 15.5. The minimum absolute atomic E-state index is 0.0325. The van der Waals surface area contributed by atoms with Gasteiger partial charge in [-0.2, -0.15) is 0 Å². The first kappa shape index (κ1) is 68.9. The third-order valence-corrected chi connectivity index (χ3v) is 19.6. The molecule has 18 nitrogen and oxygen atoms in total. The van der Waals surface area contributed by atoms with Gasteiger partial charge < -0.3 is 53.0 Å². The number of aliphatic hydroxyl groups is 2. The van der Waals surface area contributed by atoms with Crippen molar-refractivity contribution in [3.63, 3.8) is 0 Å². The van der Waals surface area contributed by atoms with Crippen molar-refractivity contribution in [1.82, 2.24) is 4.90 Å². The fourth-order valence-electron chi connectivity index (χ4n) is 14.2. The molecule has 2 aromatic rings. The highest BCUT2D eigenvalue weighted by Gasteiger charge is 2.55. The number of amides is 1. The number of methoxy groups -OCH3 is 2. The normalized spacial score (nSPS) is 34.9. The Morgan fingerprint density at radius 2 is 1.46 bits per heavy atom. The number of rotatable bonds is 9. The largest absolute Gasteiger partial charge is 0.460 e. The van der Waals surface area contributed by atoms with E-state index in [2.05, 4.69) is 0 Å². The highest BCUT2D eigenvalue weighted by atomic mass is 16.7. The topological polar surface area (TPSA) is 237 Å². The number of cyclic esters (lactones) is 1. The molecule has 6 aliphatic rings. The van der Waals surface area contributed by atoms with Crippen LogP contribution in [0.1, 0.15) is 150 Å². The molecule has 2 aromatic carbocycles. The van der Waals surface area contributed by atoms with Crippen molar-refractivity contribution in [2.24, 2.45) is 46.8 Å². The number of carbonyl (C=O) groups excluding carboxylic acids is 7. The second-order valence-corrected chi connectivity index (χ2v) is 26.5. The molecular formula is C71H95NO17. The van der Waals surface area contributed by atoms with Gasteiger partial charge >= 0.3 is 17.9 Å². The molecule has 2 aliphatic carbocycles. The molecule has 4 heterocycles. The van der Waals surface area contributed by atoms with Crippen LogP contribution in [-0.4, -0.2) is 145 Å². The molecule has 0 aromatic heterocycles. The molecule has 89 heavy (non-hydrogen) atoms. The number of benzene rings is 2. The second-order valence-electron chi connectivity index (χ2n) is 26.5. The molecule has 1 saturated carbocycles. The Kier molecular flexibility index (Phi) is 23.2. The van der Waals surface area contributed by atoms with Crippen LogP contribution < -0.4 is 0 Å². The number of Topliss-reactive ketones (excluding diaryl/α,β-unsaturated/α-hetero) is 3. The van der Waals surface area contributed by atoms with Gasteiger partial charge in [0.05, 0.1) is 44.1 Å². The summed E-state index contributed by atoms with van der Waals surface area (Å²) < 4.78 is 49.9. The van der Waals surface area contributed by atoms with E-state index < -0.39 is 125 Å². The van der Waals surface area contributed by atoms with Crippen LogP contribution >= 0.6 is 0 Å². The molecule has 1 amide bonds. The van der Waals surface area contributed by atoms with Crippen LogP contribution in [0.5, 0.6) is 0 Å². The number of aliphatic hydroxyl groups excluding tert-OH is 1. The van der Waals surface area contributed by atoms with Crippen LogP contribution in [0.3, 0.4) is 0 Å². The summed E-state index contributed by atoms with van der Waals surface area (Å²) in [4.78, 5) is 101. The van der Waals surface area contributed by atoms with Gasteiger partial charge in [-0.3, -0.25) is 28.8 Å². The quantitative estimate of drug-likeness (QED) is 0.103. The van der Waals surface area contributed by atoms with Crippen LogP contribution in [0.2, 0.25) is 0 Å². The highest BCUT2D eigenvalue weighted by molar-refractivity contribution is 6.39. The average molecular weight is 1230 g/mol. The van der Waals surface area contributed by atoms with Crippen molar-refractivity contribution in [1.29, 1.82) is 0 Å². The van der Waals surface area contributed by atoms with Gasteiger partial charge in [0.25, 0.3) is 11.7 Å². The standard InChI is InChI=1S/C71H95NO17/c1-42-21-13-12-14-22-43(2)60(82-10)37-51-30-28-48(7)70(81,89-51)65(77)66(78)72-32-20-19-27-57(72)67(79)87-61(38-58(75)44(3)34-47(6)64(86-49(8)74)54(39-73)63(76)46(5)33-42)45(4)35-50-29-31-59(62(36-50)83-11)88-68(80)69(9)40-84-71(85-41-69)55-25-17-15-23-52(55)53-24-16-18-26-56(53)71/h12-18,21-26,34,42,44-46,48,50-51,54,57,59-62,64,73,81H,19-20,27-33,35-41H2,1-11H3/b14-12+,21-13+,43-22+,47-34+/t42-,44-,45-,46-,48-,50+,51+,54+,57+,59-,60+,61+,62-,64-,70-/m1/s1. The van der Waals surface area contributed by atoms with Gasteiger partial charge in [-0.15, -0.1) is 0 Å². The molecule has 4 fully saturated rings. The Morgan fingerprint density at radius 3 is 2.10 bits per heavy atom. The zero-order chi connectivity index (χ0) is 64.5. The number of carbonyl (C=O) groups is 7. The van der Waals surface area contributed by atoms with Gasteiger partial charge in [0.1, 0.15) is 41.3 Å². The van der Waals surface area contributed by atoms with E-state index in [4.69, 9.17) is 37.9 Å². The molecule has 4 aliphatic heterocycles. The fraction of sp³-hybridized carbons (Fsp3) is 0.620. The summed E-state index contributed by atoms with van der Waals surface area (Å²) in [7, 11) is 3.14. The third-order valence-electron chi connectivity index (χ3n) is 19.6. The van der Waals surface area contributed by atoms with Gasteiger partial charge in [-0.05, 0) is 125 Å². The molecular weight excluding hydrogens is 1140 g/mol. The number of hydrogen-bond acceptors (Lipinski definition) is 17. The molecule has 0 radical (unpaired) electrons. The van der Waals surface area contributed by atoms with Crippen LogP contribution in [0, 0.1) is 46.8 Å². The number of esters is 3. The first-order valence-corrected chi connectivity index (χ1v) is 32.1. The molecule has 2 bridgehead atoms. The van der Waals surface area contributed by atoms with Gasteiger partial charge in [0.2, 0.25) is 11.6 Å². The van der Waals surface area contributed by atoms with Gasteiger partial charge in [-0.25, -0.2) is 4.79 Å². The van der Waals surface area contributed by atoms with E-state index in [9.17, 15) is 43.8 Å². The Labute approximate surface area is 525 Å². The zero-order valence-corrected chi connectivity index (χ0v) is 53.9. The molecule has 3 saturated heterocycles. The minimum atomic E-state index is -2.49. The lowest BCUT2D eigenvalue weighted by Gasteiger charge is -2.44. The average Bonchev–Trinajstić information content (AvgIpc) is 1.61. The van der Waals surface area contributed by atoms with Gasteiger partial charge in [0.15, 0.2) is 0 Å². The summed E-state index contributed by atoms with van der Waals surface area (Å²) in [5.41, 5.74) is 3.89. The van der Waals surface area contributed by atoms with Crippen molar-refractivity contribution < 1.29 is 81.7 Å². The highest BCUT2D eigenvalue weighted by Crippen LogP contribution is 2.53. The SMILES string of the molecule is CO[C@H]1C[C@@H]2CC[C@@H](C)[C@@](O)(O2)C(=O)C(=O)N2CCCC[C@H]2C(=O)O[C@H]([C@H](C)C[C@@H]2CC[C@@H](OC(=O)C3(C)COC4(OC3)c3ccccc3-c3ccccc34)[C@H](OC)C2)CC(=O)[C@H](C)/C=C(\C)[C@@H](OC(C)=O)[C@@H](CO)C(=O)[C@H](C)C[C@H](C)/C=C/C=C/C=C/1C. The van der Waals surface area contributed by atoms with Crippen LogP contribution in [0.4, 0.5) is 0 Å². The number of nitrogens with zero attached hydrogens (tertiary/aromatic N) is 1. The first-order valence-electron chi connectivity index (χ1n) is 32.1. The predicted molar refractivity (Wildman–Crippen MR) is 331 cm³/mol. The number of piperidine rings is 1. The summed E-state index contributed by atoms with van der Waals surface area (Å²) >= 11 is 0. The number of ketones is 3. The van der Waals surface area contributed by atoms with Crippen LogP contribution in [-0.2, 0) is 77.2 Å². The molecule has 1 spiro atoms. The van der Waals surface area contributed by atoms with Gasteiger partial charge in [-0.1, -0.05) is 120 Å². The van der Waals surface area contributed by atoms with Crippen molar-refractivity contribution in [2.45, 2.75) is 194 Å². The van der Waals surface area contributed by atoms with Gasteiger partial charge in [0, 0.05) is 69.4 Å². The van der Waals surface area contributed by atoms with E-state index in [0.29, 0.717) is 63.4 Å². The van der Waals surface area contributed by atoms with Crippen molar-refractivity contribution in [3.8, 4) is 11.1 Å². The van der Waals surface area contributed by atoms with Crippen molar-refractivity contribution in [3.05, 3.63) is 107 Å². The second kappa shape index (κ2) is 30.0. The van der Waals surface area contributed by atoms with Crippen molar-refractivity contribution >= 4 is 41.2 Å².